The van der Waals surface area contributed by atoms with E-state index in [1.54, 1.807) is 0 Å². The van der Waals surface area contributed by atoms with E-state index >= 15 is 0 Å². The number of thioether (sulfide) groups is 1. The Kier molecular flexibility index (Phi) is 4.01. The third kappa shape index (κ3) is 2.91. The van der Waals surface area contributed by atoms with E-state index in [1.807, 2.05) is 36.0 Å². The van der Waals surface area contributed by atoms with Crippen LogP contribution >= 0.6 is 27.7 Å². The maximum Gasteiger partial charge on any atom is 0.166 e. The number of Topliss-reactive ketones (excluding diaryl/α,β-unsaturated/α-hetero) is 1. The van der Waals surface area contributed by atoms with Gasteiger partial charge in [-0.25, -0.2) is 0 Å². The van der Waals surface area contributed by atoms with Crippen LogP contribution in [0.15, 0.2) is 28.7 Å². The summed E-state index contributed by atoms with van der Waals surface area (Å²) in [5.41, 5.74) is 0.814. The van der Waals surface area contributed by atoms with Crippen LogP contribution in [-0.2, 0) is 4.74 Å². The highest BCUT2D eigenvalue weighted by Gasteiger charge is 2.42. The normalized spacial score (nSPS) is 30.7. The summed E-state index contributed by atoms with van der Waals surface area (Å²) in [7, 11) is 0. The van der Waals surface area contributed by atoms with Gasteiger partial charge >= 0.3 is 0 Å². The second kappa shape index (κ2) is 5.58. The molecule has 2 aliphatic rings. The molecule has 1 spiro atoms. The number of hydrogen-bond acceptors (Lipinski definition) is 3. The highest BCUT2D eigenvalue weighted by Crippen LogP contribution is 2.41. The first-order valence-electron chi connectivity index (χ1n) is 6.70. The van der Waals surface area contributed by atoms with E-state index in [0.29, 0.717) is 0 Å². The molecule has 2 atom stereocenters. The van der Waals surface area contributed by atoms with E-state index in [-0.39, 0.29) is 17.3 Å². The van der Waals surface area contributed by atoms with Gasteiger partial charge in [-0.1, -0.05) is 28.1 Å². The average Bonchev–Trinajstić information content (AvgIpc) is 2.87. The van der Waals surface area contributed by atoms with Crippen LogP contribution in [0.3, 0.4) is 0 Å². The van der Waals surface area contributed by atoms with Gasteiger partial charge in [0, 0.05) is 28.3 Å². The molecule has 2 nitrogen and oxygen atoms in total. The molecular formula is C15H17BrO2S. The van der Waals surface area contributed by atoms with Gasteiger partial charge in [0.1, 0.15) is 0 Å². The van der Waals surface area contributed by atoms with Crippen LogP contribution in [0.25, 0.3) is 0 Å². The van der Waals surface area contributed by atoms with Crippen molar-refractivity contribution in [1.29, 1.82) is 0 Å². The lowest BCUT2D eigenvalue weighted by atomic mass is 9.81. The molecule has 2 aliphatic heterocycles. The Morgan fingerprint density at radius 1 is 1.37 bits per heavy atom. The Bertz CT molecular complexity index is 466. The zero-order valence-electron chi connectivity index (χ0n) is 10.7. The maximum absolute atomic E-state index is 12.6. The molecule has 4 heteroatoms. The zero-order chi connectivity index (χ0) is 13.3. The molecule has 2 heterocycles. The summed E-state index contributed by atoms with van der Waals surface area (Å²) in [5, 5.41) is 0. The van der Waals surface area contributed by atoms with Crippen molar-refractivity contribution in [3.05, 3.63) is 34.3 Å². The molecule has 2 saturated heterocycles. The lowest BCUT2D eigenvalue weighted by Crippen LogP contribution is -2.42. The minimum Gasteiger partial charge on any atom is -0.374 e. The minimum absolute atomic E-state index is 0.0153. The molecule has 3 rings (SSSR count). The van der Waals surface area contributed by atoms with Gasteiger partial charge in [-0.3, -0.25) is 4.79 Å². The highest BCUT2D eigenvalue weighted by molar-refractivity contribution is 9.10. The van der Waals surface area contributed by atoms with Crippen LogP contribution in [0.1, 0.15) is 29.6 Å². The molecule has 0 saturated carbocycles. The molecule has 2 fully saturated rings. The van der Waals surface area contributed by atoms with Crippen molar-refractivity contribution in [3.8, 4) is 0 Å². The summed E-state index contributed by atoms with van der Waals surface area (Å²) in [4.78, 5) is 12.6. The van der Waals surface area contributed by atoms with Gasteiger partial charge in [-0.2, -0.15) is 11.8 Å². The van der Waals surface area contributed by atoms with Crippen molar-refractivity contribution >= 4 is 33.5 Å². The molecule has 0 bridgehead atoms. The van der Waals surface area contributed by atoms with E-state index < -0.39 is 0 Å². The second-order valence-corrected chi connectivity index (χ2v) is 7.42. The van der Waals surface area contributed by atoms with Gasteiger partial charge in [0.05, 0.1) is 5.60 Å². The highest BCUT2D eigenvalue weighted by atomic mass is 79.9. The topological polar surface area (TPSA) is 26.3 Å². The van der Waals surface area contributed by atoms with Crippen molar-refractivity contribution in [2.45, 2.75) is 24.9 Å². The molecule has 1 aromatic carbocycles. The van der Waals surface area contributed by atoms with E-state index in [9.17, 15) is 4.79 Å². The number of halogens is 1. The lowest BCUT2D eigenvalue weighted by molar-refractivity contribution is -0.0734. The largest absolute Gasteiger partial charge is 0.374 e. The zero-order valence-corrected chi connectivity index (χ0v) is 13.1. The van der Waals surface area contributed by atoms with E-state index in [0.717, 1.165) is 41.7 Å². The monoisotopic (exact) mass is 340 g/mol. The Hall–Kier alpha value is -0.320. The Morgan fingerprint density at radius 3 is 2.84 bits per heavy atom. The Morgan fingerprint density at radius 2 is 2.16 bits per heavy atom. The lowest BCUT2D eigenvalue weighted by Gasteiger charge is -2.37. The van der Waals surface area contributed by atoms with Crippen LogP contribution in [0.5, 0.6) is 0 Å². The first-order valence-corrected chi connectivity index (χ1v) is 8.65. The second-order valence-electron chi connectivity index (χ2n) is 5.39. The maximum atomic E-state index is 12.6. The van der Waals surface area contributed by atoms with E-state index in [1.165, 1.54) is 5.75 Å². The van der Waals surface area contributed by atoms with Crippen molar-refractivity contribution in [1.82, 2.24) is 0 Å². The molecule has 102 valence electrons. The smallest absolute Gasteiger partial charge is 0.166 e. The minimum atomic E-state index is -0.0153. The number of carbonyl (C=O) groups excluding carboxylic acids is 1. The summed E-state index contributed by atoms with van der Waals surface area (Å²) in [6.45, 7) is 0.730. The van der Waals surface area contributed by atoms with Gasteiger partial charge in [-0.15, -0.1) is 0 Å². The molecule has 0 aromatic heterocycles. The summed E-state index contributed by atoms with van der Waals surface area (Å²) in [6.07, 6.45) is 2.86. The molecule has 0 aliphatic carbocycles. The van der Waals surface area contributed by atoms with E-state index in [2.05, 4.69) is 15.9 Å². The fourth-order valence-corrected chi connectivity index (χ4v) is 4.61. The van der Waals surface area contributed by atoms with E-state index in [4.69, 9.17) is 4.74 Å². The van der Waals surface area contributed by atoms with Gasteiger partial charge in [0.15, 0.2) is 5.78 Å². The van der Waals surface area contributed by atoms with Crippen molar-refractivity contribution in [3.63, 3.8) is 0 Å². The third-order valence-corrected chi connectivity index (χ3v) is 5.81. The Labute approximate surface area is 126 Å². The summed E-state index contributed by atoms with van der Waals surface area (Å²) in [6, 6.07) is 7.71. The van der Waals surface area contributed by atoms with Gasteiger partial charge in [0.25, 0.3) is 0 Å². The number of benzene rings is 1. The fraction of sp³-hybridized carbons (Fsp3) is 0.533. The van der Waals surface area contributed by atoms with Crippen LogP contribution in [0.2, 0.25) is 0 Å². The third-order valence-electron chi connectivity index (χ3n) is 4.06. The van der Waals surface area contributed by atoms with Crippen molar-refractivity contribution in [2.24, 2.45) is 5.92 Å². The van der Waals surface area contributed by atoms with Crippen LogP contribution in [0.4, 0.5) is 0 Å². The first kappa shape index (κ1) is 13.7. The number of ether oxygens (including phenoxy) is 1. The van der Waals surface area contributed by atoms with Crippen molar-refractivity contribution in [2.75, 3.05) is 18.1 Å². The quantitative estimate of drug-likeness (QED) is 0.763. The average molecular weight is 341 g/mol. The summed E-state index contributed by atoms with van der Waals surface area (Å²) < 4.78 is 6.99. The van der Waals surface area contributed by atoms with Crippen molar-refractivity contribution < 1.29 is 9.53 Å². The molecule has 0 N–H and O–H groups in total. The van der Waals surface area contributed by atoms with Gasteiger partial charge in [-0.05, 0) is 37.1 Å². The molecule has 2 unspecified atom stereocenters. The first-order chi connectivity index (χ1) is 9.19. The summed E-state index contributed by atoms with van der Waals surface area (Å²) in [5.74, 6) is 2.64. The standard InChI is InChI=1S/C15H17BrO2S/c16-13-3-1-11(2-4-13)14(17)12-5-7-18-15(9-12)6-8-19-10-15/h1-4,12H,5-10H2. The molecular weight excluding hydrogens is 324 g/mol. The number of carbonyl (C=O) groups is 1. The molecule has 19 heavy (non-hydrogen) atoms. The summed E-state index contributed by atoms with van der Waals surface area (Å²) >= 11 is 5.35. The SMILES string of the molecule is O=C(c1ccc(Br)cc1)C1CCOC2(CCSC2)C1. The molecule has 1 aromatic rings. The molecule has 0 radical (unpaired) electrons. The van der Waals surface area contributed by atoms with Crippen LogP contribution < -0.4 is 0 Å². The predicted octanol–water partition coefficient (Wildman–Crippen LogP) is 3.93. The Balaban J connectivity index is 1.74. The predicted molar refractivity (Wildman–Crippen MR) is 81.8 cm³/mol. The van der Waals surface area contributed by atoms with Crippen LogP contribution in [-0.4, -0.2) is 29.5 Å². The van der Waals surface area contributed by atoms with Gasteiger partial charge < -0.3 is 4.74 Å². The number of ketones is 1. The molecule has 0 amide bonds. The van der Waals surface area contributed by atoms with Crippen LogP contribution in [0, 0.1) is 5.92 Å². The number of hydrogen-bond donors (Lipinski definition) is 0. The number of rotatable bonds is 2. The fourth-order valence-electron chi connectivity index (χ4n) is 2.96. The van der Waals surface area contributed by atoms with Gasteiger partial charge in [0.2, 0.25) is 0 Å².